The van der Waals surface area contributed by atoms with E-state index < -0.39 is 0 Å². The number of rotatable bonds is 8. The van der Waals surface area contributed by atoms with E-state index in [4.69, 9.17) is 5.73 Å². The van der Waals surface area contributed by atoms with Crippen molar-refractivity contribution in [1.82, 2.24) is 5.32 Å². The fraction of sp³-hybridized carbons (Fsp3) is 0.714. The Labute approximate surface area is 110 Å². The van der Waals surface area contributed by atoms with Crippen LogP contribution in [0.15, 0.2) is 10.8 Å². The second-order valence-corrected chi connectivity index (χ2v) is 6.02. The van der Waals surface area contributed by atoms with Crippen LogP contribution in [0.3, 0.4) is 0 Å². The van der Waals surface area contributed by atoms with Gasteiger partial charge < -0.3 is 11.1 Å². The van der Waals surface area contributed by atoms with Crippen molar-refractivity contribution in [3.05, 3.63) is 21.9 Å². The van der Waals surface area contributed by atoms with Gasteiger partial charge in [0.25, 0.3) is 0 Å². The SMILES string of the molecule is Cc1cscc1CNCCC(CN)CC(C)C. The van der Waals surface area contributed by atoms with Crippen molar-refractivity contribution in [2.75, 3.05) is 13.1 Å². The molecule has 0 aliphatic heterocycles. The van der Waals surface area contributed by atoms with Gasteiger partial charge in [0.15, 0.2) is 0 Å². The van der Waals surface area contributed by atoms with Gasteiger partial charge in [-0.15, -0.1) is 0 Å². The first-order chi connectivity index (χ1) is 8.13. The van der Waals surface area contributed by atoms with E-state index in [0.29, 0.717) is 5.92 Å². The van der Waals surface area contributed by atoms with Gasteiger partial charge in [-0.3, -0.25) is 0 Å². The Balaban J connectivity index is 2.16. The van der Waals surface area contributed by atoms with Gasteiger partial charge in [-0.1, -0.05) is 13.8 Å². The number of nitrogens with one attached hydrogen (secondary N) is 1. The van der Waals surface area contributed by atoms with Gasteiger partial charge in [0, 0.05) is 6.54 Å². The minimum Gasteiger partial charge on any atom is -0.330 e. The van der Waals surface area contributed by atoms with Crippen LogP contribution in [0.25, 0.3) is 0 Å². The van der Waals surface area contributed by atoms with Crippen LogP contribution < -0.4 is 11.1 Å². The third-order valence-electron chi connectivity index (χ3n) is 3.14. The molecule has 0 spiro atoms. The molecule has 2 nitrogen and oxygen atoms in total. The molecule has 0 bridgehead atoms. The molecule has 1 unspecified atom stereocenters. The largest absolute Gasteiger partial charge is 0.330 e. The number of hydrogen-bond acceptors (Lipinski definition) is 3. The Morgan fingerprint density at radius 1 is 1.35 bits per heavy atom. The van der Waals surface area contributed by atoms with Crippen molar-refractivity contribution < 1.29 is 0 Å². The van der Waals surface area contributed by atoms with Gasteiger partial charge in [0.05, 0.1) is 0 Å². The zero-order valence-corrected chi connectivity index (χ0v) is 12.1. The van der Waals surface area contributed by atoms with Crippen LogP contribution in [0, 0.1) is 18.8 Å². The molecule has 0 fully saturated rings. The normalized spacial score (nSPS) is 13.2. The molecule has 1 rings (SSSR count). The summed E-state index contributed by atoms with van der Waals surface area (Å²) in [4.78, 5) is 0. The quantitative estimate of drug-likeness (QED) is 0.699. The van der Waals surface area contributed by atoms with E-state index in [1.807, 2.05) is 0 Å². The molecular weight excluding hydrogens is 228 g/mol. The second kappa shape index (κ2) is 7.85. The molecule has 0 amide bonds. The van der Waals surface area contributed by atoms with Gasteiger partial charge >= 0.3 is 0 Å². The summed E-state index contributed by atoms with van der Waals surface area (Å²) in [5.41, 5.74) is 8.63. The predicted octanol–water partition coefficient (Wildman–Crippen LogP) is 3.16. The van der Waals surface area contributed by atoms with Gasteiger partial charge in [0.2, 0.25) is 0 Å². The zero-order chi connectivity index (χ0) is 12.7. The van der Waals surface area contributed by atoms with E-state index in [0.717, 1.165) is 25.6 Å². The Morgan fingerprint density at radius 2 is 2.12 bits per heavy atom. The maximum absolute atomic E-state index is 5.80. The molecule has 1 atom stereocenters. The lowest BCUT2D eigenvalue weighted by atomic mass is 9.94. The number of thiophene rings is 1. The standard InChI is InChI=1S/C14H26N2S/c1-11(2)6-13(7-15)4-5-16-8-14-10-17-9-12(14)3/h9-11,13,16H,4-8,15H2,1-3H3. The van der Waals surface area contributed by atoms with Crippen molar-refractivity contribution in [2.24, 2.45) is 17.6 Å². The number of nitrogens with two attached hydrogens (primary N) is 1. The highest BCUT2D eigenvalue weighted by Crippen LogP contribution is 2.15. The van der Waals surface area contributed by atoms with E-state index in [2.05, 4.69) is 36.8 Å². The molecule has 3 heteroatoms. The van der Waals surface area contributed by atoms with Crippen LogP contribution in [0.4, 0.5) is 0 Å². The zero-order valence-electron chi connectivity index (χ0n) is 11.3. The lowest BCUT2D eigenvalue weighted by molar-refractivity contribution is 0.385. The predicted molar refractivity (Wildman–Crippen MR) is 77.4 cm³/mol. The van der Waals surface area contributed by atoms with Gasteiger partial charge in [-0.2, -0.15) is 11.3 Å². The molecular formula is C14H26N2S. The lowest BCUT2D eigenvalue weighted by Gasteiger charge is -2.17. The minimum atomic E-state index is 0.672. The Kier molecular flexibility index (Phi) is 6.78. The van der Waals surface area contributed by atoms with Gasteiger partial charge in [-0.25, -0.2) is 0 Å². The number of aryl methyl sites for hydroxylation is 1. The Morgan fingerprint density at radius 3 is 2.65 bits per heavy atom. The summed E-state index contributed by atoms with van der Waals surface area (Å²) in [5, 5.41) is 7.96. The summed E-state index contributed by atoms with van der Waals surface area (Å²) in [5.74, 6) is 1.42. The molecule has 1 aromatic heterocycles. The Bertz CT molecular complexity index is 307. The summed E-state index contributed by atoms with van der Waals surface area (Å²) < 4.78 is 0. The maximum atomic E-state index is 5.80. The van der Waals surface area contributed by atoms with Crippen molar-refractivity contribution >= 4 is 11.3 Å². The fourth-order valence-electron chi connectivity index (χ4n) is 2.10. The highest BCUT2D eigenvalue weighted by Gasteiger charge is 2.08. The monoisotopic (exact) mass is 254 g/mol. The van der Waals surface area contributed by atoms with Gasteiger partial charge in [-0.05, 0) is 66.6 Å². The van der Waals surface area contributed by atoms with E-state index >= 15 is 0 Å². The first-order valence-corrected chi connectivity index (χ1v) is 7.50. The molecule has 1 heterocycles. The van der Waals surface area contributed by atoms with Crippen LogP contribution >= 0.6 is 11.3 Å². The molecule has 17 heavy (non-hydrogen) atoms. The lowest BCUT2D eigenvalue weighted by Crippen LogP contribution is -2.23. The van der Waals surface area contributed by atoms with Crippen molar-refractivity contribution in [3.8, 4) is 0 Å². The smallest absolute Gasteiger partial charge is 0.0216 e. The average Bonchev–Trinajstić information content (AvgIpc) is 2.68. The third-order valence-corrected chi connectivity index (χ3v) is 4.05. The first-order valence-electron chi connectivity index (χ1n) is 6.56. The topological polar surface area (TPSA) is 38.0 Å². The molecule has 0 saturated carbocycles. The molecule has 1 aromatic rings. The molecule has 0 saturated heterocycles. The van der Waals surface area contributed by atoms with Crippen molar-refractivity contribution in [1.29, 1.82) is 0 Å². The van der Waals surface area contributed by atoms with E-state index in [-0.39, 0.29) is 0 Å². The van der Waals surface area contributed by atoms with Gasteiger partial charge in [0.1, 0.15) is 0 Å². The average molecular weight is 254 g/mol. The van der Waals surface area contributed by atoms with Crippen molar-refractivity contribution in [3.63, 3.8) is 0 Å². The summed E-state index contributed by atoms with van der Waals surface area (Å²) in [7, 11) is 0. The molecule has 98 valence electrons. The summed E-state index contributed by atoms with van der Waals surface area (Å²) in [6.45, 7) is 9.60. The van der Waals surface area contributed by atoms with Crippen LogP contribution in [0.5, 0.6) is 0 Å². The van der Waals surface area contributed by atoms with E-state index in [1.54, 1.807) is 11.3 Å². The van der Waals surface area contributed by atoms with E-state index in [1.165, 1.54) is 24.0 Å². The summed E-state index contributed by atoms with van der Waals surface area (Å²) >= 11 is 1.78. The van der Waals surface area contributed by atoms with Crippen LogP contribution in [-0.2, 0) is 6.54 Å². The molecule has 0 aliphatic carbocycles. The van der Waals surface area contributed by atoms with Crippen molar-refractivity contribution in [2.45, 2.75) is 40.2 Å². The minimum absolute atomic E-state index is 0.672. The number of hydrogen-bond donors (Lipinski definition) is 2. The highest BCUT2D eigenvalue weighted by molar-refractivity contribution is 7.08. The third kappa shape index (κ3) is 5.66. The molecule has 3 N–H and O–H groups in total. The van der Waals surface area contributed by atoms with Crippen LogP contribution in [-0.4, -0.2) is 13.1 Å². The second-order valence-electron chi connectivity index (χ2n) is 5.28. The first kappa shape index (κ1) is 14.7. The van der Waals surface area contributed by atoms with Crippen LogP contribution in [0.1, 0.15) is 37.8 Å². The molecule has 0 aliphatic rings. The summed E-state index contributed by atoms with van der Waals surface area (Å²) in [6.07, 6.45) is 2.44. The fourth-order valence-corrected chi connectivity index (χ4v) is 2.95. The summed E-state index contributed by atoms with van der Waals surface area (Å²) in [6, 6.07) is 0. The Hall–Kier alpha value is -0.380. The maximum Gasteiger partial charge on any atom is 0.0216 e. The molecule has 0 aromatic carbocycles. The van der Waals surface area contributed by atoms with Crippen LogP contribution in [0.2, 0.25) is 0 Å². The van der Waals surface area contributed by atoms with E-state index in [9.17, 15) is 0 Å². The molecule has 0 radical (unpaired) electrons. The highest BCUT2D eigenvalue weighted by atomic mass is 32.1.